The van der Waals surface area contributed by atoms with E-state index in [1.807, 2.05) is 36.9 Å². The molecule has 12 heteroatoms. The number of nitrogens with one attached hydrogen (secondary N) is 1. The van der Waals surface area contributed by atoms with Crippen LogP contribution in [-0.2, 0) is 9.59 Å². The minimum Gasteiger partial charge on any atom is -0.495 e. The van der Waals surface area contributed by atoms with Gasteiger partial charge in [0.15, 0.2) is 12.2 Å². The number of aryl methyl sites for hydroxylation is 1. The summed E-state index contributed by atoms with van der Waals surface area (Å²) in [5.41, 5.74) is 4.31. The number of carbonyl (C=O) groups is 2. The molecule has 11 nitrogen and oxygen atoms in total. The van der Waals surface area contributed by atoms with Crippen molar-refractivity contribution in [1.82, 2.24) is 9.88 Å². The van der Waals surface area contributed by atoms with Crippen molar-refractivity contribution in [3.8, 4) is 5.75 Å². The number of aliphatic carboxylic acids is 2. The van der Waals surface area contributed by atoms with Crippen LogP contribution in [0.2, 0.25) is 0 Å². The lowest BCUT2D eigenvalue weighted by Crippen LogP contribution is -2.39. The SMILES string of the molecule is CC(CN(C)C)CN1c2ccccc2Sc2ccccc21.COc1cccc2c(C)cc(=O)[nH]c12.O=C(O)C(O)C(O)C(=O)O. The van der Waals surface area contributed by atoms with Crippen molar-refractivity contribution in [2.45, 2.75) is 35.8 Å². The average Bonchev–Trinajstić information content (AvgIpc) is 3.00. The summed E-state index contributed by atoms with van der Waals surface area (Å²) in [4.78, 5) is 41.0. The van der Waals surface area contributed by atoms with E-state index >= 15 is 0 Å². The molecule has 1 aliphatic rings. The van der Waals surface area contributed by atoms with Gasteiger partial charge in [-0.1, -0.05) is 55.1 Å². The number of hydrogen-bond donors (Lipinski definition) is 5. The Labute approximate surface area is 265 Å². The highest BCUT2D eigenvalue weighted by Gasteiger charge is 2.29. The number of rotatable bonds is 8. The van der Waals surface area contributed by atoms with Gasteiger partial charge in [0, 0.05) is 34.3 Å². The molecule has 0 bridgehead atoms. The van der Waals surface area contributed by atoms with Gasteiger partial charge < -0.3 is 39.9 Å². The van der Waals surface area contributed by atoms with Crippen LogP contribution < -0.4 is 15.2 Å². The van der Waals surface area contributed by atoms with Crippen molar-refractivity contribution in [2.24, 2.45) is 5.92 Å². The number of carboxylic acids is 2. The summed E-state index contributed by atoms with van der Waals surface area (Å²) in [5.74, 6) is -2.22. The van der Waals surface area contributed by atoms with Crippen LogP contribution in [0.25, 0.3) is 10.9 Å². The molecule has 45 heavy (non-hydrogen) atoms. The van der Waals surface area contributed by atoms with Gasteiger partial charge in [-0.2, -0.15) is 0 Å². The number of ether oxygens (including phenoxy) is 1. The number of carboxylic acid groups (broad SMARTS) is 2. The van der Waals surface area contributed by atoms with Gasteiger partial charge in [-0.05, 0) is 62.8 Å². The van der Waals surface area contributed by atoms with Crippen molar-refractivity contribution >= 4 is 46.0 Å². The van der Waals surface area contributed by atoms with Crippen LogP contribution in [0.1, 0.15) is 12.5 Å². The lowest BCUT2D eigenvalue weighted by atomic mass is 10.1. The molecule has 1 aliphatic heterocycles. The maximum Gasteiger partial charge on any atom is 0.335 e. The number of aromatic amines is 1. The van der Waals surface area contributed by atoms with E-state index in [-0.39, 0.29) is 5.56 Å². The Kier molecular flexibility index (Phi) is 12.6. The molecule has 3 atom stereocenters. The Morgan fingerprint density at radius 3 is 1.93 bits per heavy atom. The number of fused-ring (bicyclic) bond motifs is 3. The van der Waals surface area contributed by atoms with Gasteiger partial charge in [0.05, 0.1) is 24.0 Å². The first-order valence-corrected chi connectivity index (χ1v) is 14.9. The number of anilines is 2. The number of methoxy groups -OCH3 is 1. The molecule has 5 rings (SSSR count). The van der Waals surface area contributed by atoms with E-state index in [1.54, 1.807) is 13.2 Å². The monoisotopic (exact) mass is 637 g/mol. The summed E-state index contributed by atoms with van der Waals surface area (Å²) in [6, 6.07) is 24.7. The fourth-order valence-electron chi connectivity index (χ4n) is 4.83. The predicted octanol–water partition coefficient (Wildman–Crippen LogP) is 4.21. The summed E-state index contributed by atoms with van der Waals surface area (Å²) in [6.07, 6.45) is -4.53. The predicted molar refractivity (Wildman–Crippen MR) is 175 cm³/mol. The molecule has 0 saturated carbocycles. The second kappa shape index (κ2) is 16.1. The van der Waals surface area contributed by atoms with Gasteiger partial charge >= 0.3 is 11.9 Å². The first-order chi connectivity index (χ1) is 21.3. The van der Waals surface area contributed by atoms with E-state index in [2.05, 4.69) is 84.3 Å². The second-order valence-electron chi connectivity index (χ2n) is 10.8. The summed E-state index contributed by atoms with van der Waals surface area (Å²) < 4.78 is 5.17. The third-order valence-electron chi connectivity index (χ3n) is 6.77. The first-order valence-electron chi connectivity index (χ1n) is 14.1. The van der Waals surface area contributed by atoms with E-state index < -0.39 is 24.1 Å². The number of para-hydroxylation sites is 3. The summed E-state index contributed by atoms with van der Waals surface area (Å²) >= 11 is 1.88. The molecule has 1 aromatic heterocycles. The Bertz CT molecular complexity index is 1610. The fraction of sp³-hybridized carbons (Fsp3) is 0.303. The quantitative estimate of drug-likeness (QED) is 0.188. The molecule has 240 valence electrons. The number of aliphatic hydroxyl groups is 2. The molecule has 3 aromatic carbocycles. The van der Waals surface area contributed by atoms with Crippen LogP contribution in [0.4, 0.5) is 11.4 Å². The zero-order valence-electron chi connectivity index (χ0n) is 25.8. The molecule has 4 aromatic rings. The van der Waals surface area contributed by atoms with Crippen LogP contribution in [0.3, 0.4) is 0 Å². The van der Waals surface area contributed by atoms with E-state index in [9.17, 15) is 14.4 Å². The highest BCUT2D eigenvalue weighted by atomic mass is 32.2. The zero-order chi connectivity index (χ0) is 33.3. The first kappa shape index (κ1) is 35.1. The molecule has 5 N–H and O–H groups in total. The molecule has 0 spiro atoms. The van der Waals surface area contributed by atoms with Crippen molar-refractivity contribution < 1.29 is 34.8 Å². The summed E-state index contributed by atoms with van der Waals surface area (Å²) in [6.45, 7) is 6.39. The number of nitrogens with zero attached hydrogens (tertiary/aromatic N) is 2. The maximum absolute atomic E-state index is 11.3. The van der Waals surface area contributed by atoms with E-state index in [4.69, 9.17) is 25.2 Å². The average molecular weight is 638 g/mol. The number of benzene rings is 3. The second-order valence-corrected chi connectivity index (χ2v) is 11.9. The molecule has 0 amide bonds. The molecular weight excluding hydrogens is 598 g/mol. The molecule has 2 heterocycles. The number of aliphatic hydroxyl groups excluding tert-OH is 2. The number of aromatic nitrogens is 1. The minimum absolute atomic E-state index is 0.0977. The highest BCUT2D eigenvalue weighted by Crippen LogP contribution is 2.48. The molecule has 0 aliphatic carbocycles. The molecule has 0 saturated heterocycles. The van der Waals surface area contributed by atoms with Crippen LogP contribution in [-0.4, -0.2) is 88.8 Å². The third-order valence-corrected chi connectivity index (χ3v) is 7.91. The molecular formula is C33H39N3O8S. The fourth-order valence-corrected chi connectivity index (χ4v) is 5.93. The van der Waals surface area contributed by atoms with E-state index in [0.29, 0.717) is 11.7 Å². The van der Waals surface area contributed by atoms with Gasteiger partial charge in [0.25, 0.3) is 0 Å². The Morgan fingerprint density at radius 1 is 0.911 bits per heavy atom. The van der Waals surface area contributed by atoms with Crippen molar-refractivity contribution in [3.05, 3.63) is 88.7 Å². The lowest BCUT2D eigenvalue weighted by Gasteiger charge is -2.35. The third kappa shape index (κ3) is 9.32. The highest BCUT2D eigenvalue weighted by molar-refractivity contribution is 7.99. The van der Waals surface area contributed by atoms with Crippen LogP contribution >= 0.6 is 11.8 Å². The number of hydrogen-bond acceptors (Lipinski definition) is 9. The number of H-pyrrole nitrogens is 1. The van der Waals surface area contributed by atoms with Crippen molar-refractivity contribution in [3.63, 3.8) is 0 Å². The minimum atomic E-state index is -2.27. The summed E-state index contributed by atoms with van der Waals surface area (Å²) in [7, 11) is 5.88. The largest absolute Gasteiger partial charge is 0.495 e. The van der Waals surface area contributed by atoms with Gasteiger partial charge in [0.1, 0.15) is 5.75 Å². The number of pyridine rings is 1. The smallest absolute Gasteiger partial charge is 0.335 e. The van der Waals surface area contributed by atoms with Crippen molar-refractivity contribution in [2.75, 3.05) is 39.2 Å². The van der Waals surface area contributed by atoms with Gasteiger partial charge in [-0.3, -0.25) is 4.79 Å². The molecule has 0 radical (unpaired) electrons. The maximum atomic E-state index is 11.3. The van der Waals surface area contributed by atoms with Crippen LogP contribution in [0.15, 0.2) is 87.4 Å². The topological polar surface area (TPSA) is 164 Å². The normalized spacial score (nSPS) is 13.6. The van der Waals surface area contributed by atoms with E-state index in [1.165, 1.54) is 21.2 Å². The summed E-state index contributed by atoms with van der Waals surface area (Å²) in [5, 5.41) is 33.5. The van der Waals surface area contributed by atoms with E-state index in [0.717, 1.165) is 29.6 Å². The standard InChI is InChI=1S/C18H22N2S.C11H11NO2.C4H6O6/c1-14(12-19(2)3)13-20-15-8-4-6-10-17(15)21-18-11-7-5-9-16(18)20;1-7-6-10(13)12-11-8(7)4-3-5-9(11)14-2;5-1(3(7)8)2(6)4(9)10/h4-11,14H,12-13H2,1-3H3;3-6H,1-2H3,(H,12,13);1-2,5-6H,(H,7,8)(H,9,10). The van der Waals surface area contributed by atoms with Gasteiger partial charge in [0.2, 0.25) is 5.56 Å². The van der Waals surface area contributed by atoms with Crippen LogP contribution in [0, 0.1) is 12.8 Å². The van der Waals surface area contributed by atoms with Crippen LogP contribution in [0.5, 0.6) is 5.75 Å². The van der Waals surface area contributed by atoms with Gasteiger partial charge in [-0.25, -0.2) is 9.59 Å². The Balaban J connectivity index is 0.000000200. The lowest BCUT2D eigenvalue weighted by molar-refractivity contribution is -0.165. The van der Waals surface area contributed by atoms with Crippen molar-refractivity contribution in [1.29, 1.82) is 0 Å². The van der Waals surface area contributed by atoms with Gasteiger partial charge in [-0.15, -0.1) is 0 Å². The zero-order valence-corrected chi connectivity index (χ0v) is 26.6. The Hall–Kier alpha value is -4.36. The Morgan fingerprint density at radius 2 is 1.44 bits per heavy atom. The molecule has 3 unspecified atom stereocenters. The molecule has 0 fully saturated rings.